The number of thiophene rings is 1. The van der Waals surface area contributed by atoms with E-state index in [2.05, 4.69) is 15.1 Å². The maximum atomic E-state index is 12.9. The summed E-state index contributed by atoms with van der Waals surface area (Å²) in [6, 6.07) is 6.93. The maximum Gasteiger partial charge on any atom is 0.252 e. The molecule has 0 amide bonds. The zero-order chi connectivity index (χ0) is 18.1. The molecule has 0 aromatic carbocycles. The van der Waals surface area contributed by atoms with Gasteiger partial charge in [-0.1, -0.05) is 5.16 Å². The van der Waals surface area contributed by atoms with E-state index in [1.165, 1.54) is 15.6 Å². The molecule has 1 saturated heterocycles. The molecule has 0 saturated carbocycles. The number of anilines is 1. The highest BCUT2D eigenvalue weighted by Gasteiger charge is 2.30. The Morgan fingerprint density at radius 3 is 2.50 bits per heavy atom. The Morgan fingerprint density at radius 1 is 1.12 bits per heavy atom. The first-order valence-electron chi connectivity index (χ1n) is 8.10. The molecule has 0 bridgehead atoms. The molecule has 8 nitrogen and oxygen atoms in total. The Kier molecular flexibility index (Phi) is 4.47. The molecular formula is C16H17N5O3S2. The van der Waals surface area contributed by atoms with Crippen molar-refractivity contribution in [3.63, 3.8) is 0 Å². The van der Waals surface area contributed by atoms with Gasteiger partial charge in [-0.25, -0.2) is 18.4 Å². The van der Waals surface area contributed by atoms with Crippen molar-refractivity contribution in [2.45, 2.75) is 11.1 Å². The van der Waals surface area contributed by atoms with Crippen LogP contribution in [0.4, 0.5) is 5.95 Å². The van der Waals surface area contributed by atoms with Crippen molar-refractivity contribution in [1.29, 1.82) is 0 Å². The third kappa shape index (κ3) is 3.22. The molecule has 1 fully saturated rings. The van der Waals surface area contributed by atoms with Crippen LogP contribution in [-0.4, -0.2) is 54.0 Å². The van der Waals surface area contributed by atoms with E-state index in [0.29, 0.717) is 42.1 Å². The summed E-state index contributed by atoms with van der Waals surface area (Å²) < 4.78 is 32.9. The molecule has 0 radical (unpaired) electrons. The molecule has 0 atom stereocenters. The Bertz CT molecular complexity index is 992. The lowest BCUT2D eigenvalue weighted by Gasteiger charge is -2.33. The van der Waals surface area contributed by atoms with Gasteiger partial charge in [0.25, 0.3) is 10.0 Å². The molecule has 0 N–H and O–H groups in total. The van der Waals surface area contributed by atoms with Gasteiger partial charge in [-0.15, -0.1) is 11.3 Å². The van der Waals surface area contributed by atoms with Crippen LogP contribution < -0.4 is 4.90 Å². The molecule has 4 rings (SSSR count). The normalized spacial score (nSPS) is 16.1. The fraction of sp³-hybridized carbons (Fsp3) is 0.312. The first-order valence-corrected chi connectivity index (χ1v) is 10.4. The molecule has 10 heteroatoms. The number of piperazine rings is 1. The van der Waals surface area contributed by atoms with Gasteiger partial charge in [0.15, 0.2) is 5.76 Å². The summed E-state index contributed by atoms with van der Waals surface area (Å²) in [7, 11) is -3.53. The van der Waals surface area contributed by atoms with E-state index < -0.39 is 10.0 Å². The van der Waals surface area contributed by atoms with Gasteiger partial charge in [-0.3, -0.25) is 0 Å². The van der Waals surface area contributed by atoms with Gasteiger partial charge < -0.3 is 9.42 Å². The third-order valence-electron chi connectivity index (χ3n) is 4.12. The van der Waals surface area contributed by atoms with Crippen LogP contribution in [0, 0.1) is 6.92 Å². The summed E-state index contributed by atoms with van der Waals surface area (Å²) in [5.74, 6) is 1.21. The second-order valence-corrected chi connectivity index (χ2v) is 9.14. The average Bonchev–Trinajstić information content (AvgIpc) is 3.32. The lowest BCUT2D eigenvalue weighted by atomic mass is 10.3. The van der Waals surface area contributed by atoms with Crippen LogP contribution >= 0.6 is 11.3 Å². The number of hydrogen-bond acceptors (Lipinski definition) is 8. The monoisotopic (exact) mass is 391 g/mol. The van der Waals surface area contributed by atoms with Gasteiger partial charge >= 0.3 is 0 Å². The topological polar surface area (TPSA) is 92.4 Å². The van der Waals surface area contributed by atoms with Gasteiger partial charge in [0.2, 0.25) is 5.95 Å². The van der Waals surface area contributed by atoms with E-state index >= 15 is 0 Å². The van der Waals surface area contributed by atoms with Gasteiger partial charge in [-0.2, -0.15) is 4.31 Å². The summed E-state index contributed by atoms with van der Waals surface area (Å²) in [5, 5.41) is 3.85. The van der Waals surface area contributed by atoms with Gasteiger partial charge in [-0.05, 0) is 25.1 Å². The largest absolute Gasteiger partial charge is 0.355 e. The van der Waals surface area contributed by atoms with Crippen LogP contribution in [0.15, 0.2) is 45.4 Å². The number of nitrogens with zero attached hydrogens (tertiary/aromatic N) is 5. The van der Waals surface area contributed by atoms with Crippen molar-refractivity contribution >= 4 is 27.3 Å². The van der Waals surface area contributed by atoms with Crippen molar-refractivity contribution in [1.82, 2.24) is 19.4 Å². The molecule has 1 aliphatic rings. The van der Waals surface area contributed by atoms with Crippen molar-refractivity contribution in [3.8, 4) is 10.6 Å². The second kappa shape index (κ2) is 6.78. The second-order valence-electron chi connectivity index (χ2n) is 5.89. The van der Waals surface area contributed by atoms with E-state index in [1.807, 2.05) is 11.8 Å². The lowest BCUT2D eigenvalue weighted by Crippen LogP contribution is -2.49. The predicted molar refractivity (Wildman–Crippen MR) is 97.6 cm³/mol. The Labute approximate surface area is 155 Å². The summed E-state index contributed by atoms with van der Waals surface area (Å²) in [4.78, 5) is 11.2. The van der Waals surface area contributed by atoms with Crippen molar-refractivity contribution in [2.24, 2.45) is 0 Å². The van der Waals surface area contributed by atoms with Crippen molar-refractivity contribution in [3.05, 3.63) is 42.4 Å². The number of aromatic nitrogens is 3. The number of hydrogen-bond donors (Lipinski definition) is 0. The Morgan fingerprint density at radius 2 is 1.85 bits per heavy atom. The number of rotatable bonds is 4. The molecule has 0 aliphatic carbocycles. The van der Waals surface area contributed by atoms with Crippen LogP contribution in [0.1, 0.15) is 5.69 Å². The van der Waals surface area contributed by atoms with E-state index in [4.69, 9.17) is 4.52 Å². The molecular weight excluding hydrogens is 374 g/mol. The molecule has 4 heterocycles. The molecule has 136 valence electrons. The van der Waals surface area contributed by atoms with E-state index in [0.717, 1.165) is 10.6 Å². The highest BCUT2D eigenvalue weighted by atomic mass is 32.2. The van der Waals surface area contributed by atoms with Crippen molar-refractivity contribution < 1.29 is 12.9 Å². The minimum atomic E-state index is -3.53. The van der Waals surface area contributed by atoms with Crippen LogP contribution in [0.25, 0.3) is 10.6 Å². The van der Waals surface area contributed by atoms with Crippen LogP contribution in [0.2, 0.25) is 0 Å². The van der Waals surface area contributed by atoms with Gasteiger partial charge in [0, 0.05) is 44.6 Å². The molecule has 3 aromatic heterocycles. The maximum absolute atomic E-state index is 12.9. The smallest absolute Gasteiger partial charge is 0.252 e. The van der Waals surface area contributed by atoms with E-state index in [1.54, 1.807) is 36.7 Å². The average molecular weight is 391 g/mol. The highest BCUT2D eigenvalue weighted by Crippen LogP contribution is 2.33. The van der Waals surface area contributed by atoms with Crippen LogP contribution in [0.5, 0.6) is 0 Å². The molecule has 1 aliphatic heterocycles. The predicted octanol–water partition coefficient (Wildman–Crippen LogP) is 2.01. The van der Waals surface area contributed by atoms with Crippen LogP contribution in [0.3, 0.4) is 0 Å². The standard InChI is InChI=1S/C16H17N5O3S2/c1-12-11-13(24-19-12)14-3-4-15(25-14)26(22,23)21-9-7-20(8-10-21)16-17-5-2-6-18-16/h2-6,11H,7-10H2,1H3. The first-order chi connectivity index (χ1) is 12.5. The SMILES string of the molecule is Cc1cc(-c2ccc(S(=O)(=O)N3CCN(c4ncccn4)CC3)s2)on1. The lowest BCUT2D eigenvalue weighted by molar-refractivity contribution is 0.383. The Hall–Kier alpha value is -2.30. The number of sulfonamides is 1. The molecule has 0 spiro atoms. The summed E-state index contributed by atoms with van der Waals surface area (Å²) in [6.45, 7) is 3.74. The van der Waals surface area contributed by atoms with E-state index in [-0.39, 0.29) is 0 Å². The van der Waals surface area contributed by atoms with Crippen LogP contribution in [-0.2, 0) is 10.0 Å². The minimum absolute atomic E-state index is 0.311. The zero-order valence-corrected chi connectivity index (χ0v) is 15.7. The summed E-state index contributed by atoms with van der Waals surface area (Å²) in [6.07, 6.45) is 3.37. The number of aryl methyl sites for hydroxylation is 1. The summed E-state index contributed by atoms with van der Waals surface area (Å²) in [5.41, 5.74) is 0.761. The molecule has 0 unspecified atom stereocenters. The third-order valence-corrected chi connectivity index (χ3v) is 7.59. The minimum Gasteiger partial charge on any atom is -0.355 e. The van der Waals surface area contributed by atoms with E-state index in [9.17, 15) is 8.42 Å². The Balaban J connectivity index is 1.49. The molecule has 26 heavy (non-hydrogen) atoms. The summed E-state index contributed by atoms with van der Waals surface area (Å²) >= 11 is 1.20. The first kappa shape index (κ1) is 17.1. The highest BCUT2D eigenvalue weighted by molar-refractivity contribution is 7.91. The fourth-order valence-electron chi connectivity index (χ4n) is 2.78. The van der Waals surface area contributed by atoms with Gasteiger partial charge in [0.05, 0.1) is 10.6 Å². The zero-order valence-electron chi connectivity index (χ0n) is 14.1. The fourth-order valence-corrected chi connectivity index (χ4v) is 5.61. The quantitative estimate of drug-likeness (QED) is 0.672. The van der Waals surface area contributed by atoms with Crippen molar-refractivity contribution in [2.75, 3.05) is 31.1 Å². The molecule has 3 aromatic rings. The van der Waals surface area contributed by atoms with Gasteiger partial charge in [0.1, 0.15) is 4.21 Å².